The first-order chi connectivity index (χ1) is 15.7. The van der Waals surface area contributed by atoms with E-state index in [0.717, 1.165) is 5.69 Å². The first-order valence-corrected chi connectivity index (χ1v) is 10.9. The molecule has 0 atom stereocenters. The molecule has 0 aliphatic carbocycles. The zero-order valence-electron chi connectivity index (χ0n) is 18.3. The summed E-state index contributed by atoms with van der Waals surface area (Å²) in [6.07, 6.45) is -0.250. The van der Waals surface area contributed by atoms with E-state index >= 15 is 0 Å². The molecule has 0 aliphatic heterocycles. The molecule has 0 heterocycles. The number of rotatable bonds is 12. The highest BCUT2D eigenvalue weighted by Gasteiger charge is 2.19. The second-order valence-electron chi connectivity index (χ2n) is 7.34. The summed E-state index contributed by atoms with van der Waals surface area (Å²) < 4.78 is 10.2. The normalized spacial score (nSPS) is 10.7. The summed E-state index contributed by atoms with van der Waals surface area (Å²) in [6, 6.07) is 29.1. The molecule has 0 saturated heterocycles. The number of nitrogens with one attached hydrogen (secondary N) is 1. The van der Waals surface area contributed by atoms with Gasteiger partial charge in [-0.25, -0.2) is 0 Å². The van der Waals surface area contributed by atoms with E-state index in [0.29, 0.717) is 13.2 Å². The van der Waals surface area contributed by atoms with Gasteiger partial charge in [0.25, 0.3) is 0 Å². The molecule has 3 rings (SSSR count). The molecule has 3 aromatic rings. The fraction of sp³-hybridized carbons (Fsp3) is 0.259. The van der Waals surface area contributed by atoms with Crippen LogP contribution in [0.3, 0.4) is 0 Å². The second-order valence-corrected chi connectivity index (χ2v) is 7.34. The quantitative estimate of drug-likeness (QED) is 0.193. The molecule has 0 amide bonds. The van der Waals surface area contributed by atoms with Gasteiger partial charge in [0.2, 0.25) is 0 Å². The maximum absolute atomic E-state index is 11.8. The summed E-state index contributed by atoms with van der Waals surface area (Å²) in [7, 11) is 0. The van der Waals surface area contributed by atoms with Gasteiger partial charge in [0.05, 0.1) is 13.2 Å². The van der Waals surface area contributed by atoms with E-state index in [1.165, 1.54) is 16.7 Å². The van der Waals surface area contributed by atoms with Gasteiger partial charge in [-0.05, 0) is 29.7 Å². The molecule has 0 aromatic heterocycles. The number of hydrogen-bond acceptors (Lipinski definition) is 5. The Morgan fingerprint density at radius 2 is 1.44 bits per heavy atom. The van der Waals surface area contributed by atoms with Crippen molar-refractivity contribution in [2.24, 2.45) is 0 Å². The van der Waals surface area contributed by atoms with E-state index in [1.54, 1.807) is 6.92 Å². The molecule has 1 N–H and O–H groups in total. The van der Waals surface area contributed by atoms with Crippen LogP contribution in [0.1, 0.15) is 36.0 Å². The first kappa shape index (κ1) is 23.2. The van der Waals surface area contributed by atoms with Crippen LogP contribution >= 0.6 is 0 Å². The van der Waals surface area contributed by atoms with E-state index in [1.807, 2.05) is 24.3 Å². The van der Waals surface area contributed by atoms with Crippen molar-refractivity contribution in [3.05, 3.63) is 102 Å². The van der Waals surface area contributed by atoms with Crippen LogP contribution in [0.2, 0.25) is 0 Å². The minimum absolute atomic E-state index is 0.0909. The predicted octanol–water partition coefficient (Wildman–Crippen LogP) is 4.82. The monoisotopic (exact) mass is 431 g/mol. The number of hydrogen-bond donors (Lipinski definition) is 1. The van der Waals surface area contributed by atoms with Crippen LogP contribution in [-0.2, 0) is 19.1 Å². The van der Waals surface area contributed by atoms with Gasteiger partial charge in [-0.2, -0.15) is 0 Å². The molecule has 0 unspecified atom stereocenters. The Balaban J connectivity index is 1.64. The zero-order chi connectivity index (χ0) is 22.6. The number of para-hydroxylation sites is 1. The average molecular weight is 432 g/mol. The van der Waals surface area contributed by atoms with Gasteiger partial charge in [0, 0.05) is 18.2 Å². The van der Waals surface area contributed by atoms with E-state index < -0.39 is 5.97 Å². The van der Waals surface area contributed by atoms with E-state index in [4.69, 9.17) is 9.47 Å². The number of benzene rings is 3. The third kappa shape index (κ3) is 6.79. The lowest BCUT2D eigenvalue weighted by Gasteiger charge is -2.22. The van der Waals surface area contributed by atoms with Crippen molar-refractivity contribution in [2.45, 2.75) is 19.3 Å². The zero-order valence-corrected chi connectivity index (χ0v) is 18.3. The van der Waals surface area contributed by atoms with Crippen molar-refractivity contribution in [1.29, 1.82) is 0 Å². The third-order valence-electron chi connectivity index (χ3n) is 5.01. The number of esters is 1. The van der Waals surface area contributed by atoms with Gasteiger partial charge in [-0.3, -0.25) is 9.59 Å². The molecule has 0 bridgehead atoms. The molecule has 5 nitrogen and oxygen atoms in total. The maximum atomic E-state index is 11.8. The second kappa shape index (κ2) is 12.4. The number of ether oxygens (including phenoxy) is 2. The number of Topliss-reactive ketones (excluding diaryl/α,β-unsaturated/α-hetero) is 1. The fourth-order valence-electron chi connectivity index (χ4n) is 3.62. The Labute approximate surface area is 189 Å². The SMILES string of the molecule is CCOC(=O)CC(=O)COCCNc1ccccc1C(c1ccccc1)c1ccccc1. The summed E-state index contributed by atoms with van der Waals surface area (Å²) in [5.74, 6) is -0.703. The van der Waals surface area contributed by atoms with E-state index in [9.17, 15) is 9.59 Å². The Bertz CT molecular complexity index is 949. The summed E-state index contributed by atoms with van der Waals surface area (Å²) in [6.45, 7) is 2.77. The molecule has 0 saturated carbocycles. The highest BCUT2D eigenvalue weighted by Crippen LogP contribution is 2.35. The van der Waals surface area contributed by atoms with Crippen LogP contribution in [0.25, 0.3) is 0 Å². The van der Waals surface area contributed by atoms with E-state index in [2.05, 4.69) is 66.0 Å². The van der Waals surface area contributed by atoms with Crippen molar-refractivity contribution >= 4 is 17.4 Å². The average Bonchev–Trinajstić information content (AvgIpc) is 2.81. The minimum atomic E-state index is -0.513. The number of carbonyl (C=O) groups excluding carboxylic acids is 2. The largest absolute Gasteiger partial charge is 0.466 e. The van der Waals surface area contributed by atoms with Gasteiger partial charge in [0.1, 0.15) is 13.0 Å². The van der Waals surface area contributed by atoms with Gasteiger partial charge >= 0.3 is 5.97 Å². The molecule has 166 valence electrons. The van der Waals surface area contributed by atoms with Crippen molar-refractivity contribution in [3.8, 4) is 0 Å². The summed E-state index contributed by atoms with van der Waals surface area (Å²) >= 11 is 0. The molecule has 5 heteroatoms. The number of anilines is 1. The summed E-state index contributed by atoms with van der Waals surface area (Å²) in [4.78, 5) is 23.1. The molecule has 0 spiro atoms. The topological polar surface area (TPSA) is 64.6 Å². The molecular weight excluding hydrogens is 402 g/mol. The van der Waals surface area contributed by atoms with Crippen molar-refractivity contribution in [1.82, 2.24) is 0 Å². The van der Waals surface area contributed by atoms with Crippen molar-refractivity contribution in [3.63, 3.8) is 0 Å². The Morgan fingerprint density at radius 1 is 0.844 bits per heavy atom. The van der Waals surface area contributed by atoms with Gasteiger partial charge in [-0.1, -0.05) is 78.9 Å². The summed E-state index contributed by atoms with van der Waals surface area (Å²) in [5, 5.41) is 3.44. The first-order valence-electron chi connectivity index (χ1n) is 10.9. The van der Waals surface area contributed by atoms with Gasteiger partial charge < -0.3 is 14.8 Å². The van der Waals surface area contributed by atoms with Crippen LogP contribution in [0.15, 0.2) is 84.9 Å². The van der Waals surface area contributed by atoms with Gasteiger partial charge in [0.15, 0.2) is 5.78 Å². The van der Waals surface area contributed by atoms with Gasteiger partial charge in [-0.15, -0.1) is 0 Å². The number of carbonyl (C=O) groups is 2. The molecule has 0 aliphatic rings. The molecule has 3 aromatic carbocycles. The van der Waals surface area contributed by atoms with Crippen LogP contribution in [0.5, 0.6) is 0 Å². The van der Waals surface area contributed by atoms with E-state index in [-0.39, 0.29) is 31.3 Å². The van der Waals surface area contributed by atoms with Crippen LogP contribution in [0, 0.1) is 0 Å². The summed E-state index contributed by atoms with van der Waals surface area (Å²) in [5.41, 5.74) is 4.62. The minimum Gasteiger partial charge on any atom is -0.466 e. The smallest absolute Gasteiger partial charge is 0.313 e. The highest BCUT2D eigenvalue weighted by atomic mass is 16.5. The Hall–Kier alpha value is -3.44. The lowest BCUT2D eigenvalue weighted by molar-refractivity contribution is -0.146. The van der Waals surface area contributed by atoms with Crippen LogP contribution < -0.4 is 5.32 Å². The predicted molar refractivity (Wildman–Crippen MR) is 126 cm³/mol. The van der Waals surface area contributed by atoms with Crippen LogP contribution in [0.4, 0.5) is 5.69 Å². The fourth-order valence-corrected chi connectivity index (χ4v) is 3.62. The maximum Gasteiger partial charge on any atom is 0.313 e. The Morgan fingerprint density at radius 3 is 2.06 bits per heavy atom. The highest BCUT2D eigenvalue weighted by molar-refractivity contribution is 5.96. The third-order valence-corrected chi connectivity index (χ3v) is 5.01. The molecular formula is C27H29NO4. The number of ketones is 1. The molecule has 32 heavy (non-hydrogen) atoms. The molecule has 0 fully saturated rings. The van der Waals surface area contributed by atoms with Crippen molar-refractivity contribution in [2.75, 3.05) is 31.7 Å². The standard InChI is InChI=1S/C27H29NO4/c1-2-32-26(30)19-23(29)20-31-18-17-28-25-16-10-9-15-24(25)27(21-11-5-3-6-12-21)22-13-7-4-8-14-22/h3-16,27-28H,2,17-20H2,1H3. The van der Waals surface area contributed by atoms with Crippen LogP contribution in [-0.4, -0.2) is 38.1 Å². The Kier molecular flexibility index (Phi) is 9.02. The lowest BCUT2D eigenvalue weighted by Crippen LogP contribution is -2.19. The molecule has 0 radical (unpaired) electrons. The van der Waals surface area contributed by atoms with Crippen molar-refractivity contribution < 1.29 is 19.1 Å². The lowest BCUT2D eigenvalue weighted by atomic mass is 9.84.